The van der Waals surface area contributed by atoms with Crippen molar-refractivity contribution in [2.75, 3.05) is 26.7 Å². The van der Waals surface area contributed by atoms with Crippen LogP contribution in [0, 0.1) is 6.92 Å². The van der Waals surface area contributed by atoms with E-state index in [2.05, 4.69) is 68.6 Å². The van der Waals surface area contributed by atoms with E-state index in [-0.39, 0.29) is 30.1 Å². The number of aliphatic imine (C=N–C) groups is 1. The molecule has 2 aromatic carbocycles. The van der Waals surface area contributed by atoms with Crippen molar-refractivity contribution in [3.8, 4) is 5.69 Å². The van der Waals surface area contributed by atoms with Crippen LogP contribution in [-0.2, 0) is 11.3 Å². The Morgan fingerprint density at radius 2 is 2.00 bits per heavy atom. The first-order valence-electron chi connectivity index (χ1n) is 9.81. The third-order valence-electron chi connectivity index (χ3n) is 5.18. The summed E-state index contributed by atoms with van der Waals surface area (Å²) in [5, 5.41) is 7.64. The number of aryl methyl sites for hydroxylation is 1. The molecule has 2 heterocycles. The van der Waals surface area contributed by atoms with Crippen molar-refractivity contribution in [1.29, 1.82) is 0 Å². The molecule has 1 saturated heterocycles. The second kappa shape index (κ2) is 10.5. The molecule has 1 aromatic heterocycles. The average Bonchev–Trinajstić information content (AvgIpc) is 3.30. The quantitative estimate of drug-likeness (QED) is 0.326. The number of benzene rings is 2. The van der Waals surface area contributed by atoms with Crippen LogP contribution in [0.3, 0.4) is 0 Å². The first-order valence-corrected chi connectivity index (χ1v) is 9.81. The summed E-state index contributed by atoms with van der Waals surface area (Å²) in [6, 6.07) is 16.7. The standard InChI is InChI=1S/C22H26N6O.HI/c1-17-5-3-4-6-20(17)21-14-27(11-12-29-21)22(23-2)25-13-18-7-9-19(10-8-18)28-16-24-15-26-28;/h3-10,15-16,21H,11-14H2,1-2H3,(H,23,25);1H. The van der Waals surface area contributed by atoms with Crippen molar-refractivity contribution in [1.82, 2.24) is 25.0 Å². The lowest BCUT2D eigenvalue weighted by molar-refractivity contribution is -0.00833. The van der Waals surface area contributed by atoms with Gasteiger partial charge in [0.15, 0.2) is 5.96 Å². The van der Waals surface area contributed by atoms with Crippen LogP contribution >= 0.6 is 24.0 Å². The molecule has 4 rings (SSSR count). The van der Waals surface area contributed by atoms with E-state index in [1.54, 1.807) is 11.0 Å². The van der Waals surface area contributed by atoms with Crippen LogP contribution in [0.5, 0.6) is 0 Å². The Bertz CT molecular complexity index is 958. The monoisotopic (exact) mass is 518 g/mol. The van der Waals surface area contributed by atoms with E-state index in [9.17, 15) is 0 Å². The van der Waals surface area contributed by atoms with E-state index in [0.29, 0.717) is 13.2 Å². The molecule has 0 bridgehead atoms. The molecule has 0 radical (unpaired) electrons. The van der Waals surface area contributed by atoms with E-state index in [4.69, 9.17) is 4.74 Å². The number of nitrogens with one attached hydrogen (secondary N) is 1. The highest BCUT2D eigenvalue weighted by Gasteiger charge is 2.25. The first kappa shape index (κ1) is 22.2. The Hall–Kier alpha value is -2.46. The van der Waals surface area contributed by atoms with Crippen molar-refractivity contribution in [3.63, 3.8) is 0 Å². The molecule has 0 saturated carbocycles. The molecule has 8 heteroatoms. The predicted molar refractivity (Wildman–Crippen MR) is 128 cm³/mol. The van der Waals surface area contributed by atoms with Gasteiger partial charge >= 0.3 is 0 Å². The second-order valence-corrected chi connectivity index (χ2v) is 7.07. The van der Waals surface area contributed by atoms with E-state index >= 15 is 0 Å². The number of nitrogens with zero attached hydrogens (tertiary/aromatic N) is 5. The number of hydrogen-bond donors (Lipinski definition) is 1. The van der Waals surface area contributed by atoms with Gasteiger partial charge in [0.05, 0.1) is 18.8 Å². The van der Waals surface area contributed by atoms with E-state index < -0.39 is 0 Å². The van der Waals surface area contributed by atoms with Crippen LogP contribution < -0.4 is 5.32 Å². The molecule has 1 unspecified atom stereocenters. The zero-order valence-electron chi connectivity index (χ0n) is 17.2. The molecule has 0 amide bonds. The second-order valence-electron chi connectivity index (χ2n) is 7.07. The molecule has 3 aromatic rings. The molecule has 1 aliphatic rings. The van der Waals surface area contributed by atoms with Crippen LogP contribution in [-0.4, -0.2) is 52.4 Å². The normalized spacial score (nSPS) is 16.8. The van der Waals surface area contributed by atoms with Crippen molar-refractivity contribution in [2.45, 2.75) is 19.6 Å². The zero-order valence-corrected chi connectivity index (χ0v) is 19.6. The predicted octanol–water partition coefficient (Wildman–Crippen LogP) is 3.34. The van der Waals surface area contributed by atoms with E-state index in [1.807, 2.05) is 19.2 Å². The lowest BCUT2D eigenvalue weighted by atomic mass is 10.0. The maximum Gasteiger partial charge on any atom is 0.194 e. The van der Waals surface area contributed by atoms with Crippen molar-refractivity contribution in [2.24, 2.45) is 4.99 Å². The molecule has 1 atom stereocenters. The molecular weight excluding hydrogens is 491 g/mol. The topological polar surface area (TPSA) is 67.6 Å². The number of ether oxygens (including phenoxy) is 1. The zero-order chi connectivity index (χ0) is 20.1. The van der Waals surface area contributed by atoms with Gasteiger partial charge in [0.2, 0.25) is 0 Å². The Morgan fingerprint density at radius 1 is 1.20 bits per heavy atom. The molecule has 158 valence electrons. The Balaban J connectivity index is 0.00000256. The fourth-order valence-electron chi connectivity index (χ4n) is 3.60. The Labute approximate surface area is 194 Å². The van der Waals surface area contributed by atoms with Gasteiger partial charge in [-0.05, 0) is 35.7 Å². The number of guanidine groups is 1. The Kier molecular flexibility index (Phi) is 7.81. The number of hydrogen-bond acceptors (Lipinski definition) is 4. The van der Waals surface area contributed by atoms with Crippen molar-refractivity contribution < 1.29 is 4.74 Å². The van der Waals surface area contributed by atoms with Crippen LogP contribution in [0.15, 0.2) is 66.2 Å². The Morgan fingerprint density at radius 3 is 2.70 bits per heavy atom. The third-order valence-corrected chi connectivity index (χ3v) is 5.18. The van der Waals surface area contributed by atoms with Gasteiger partial charge in [0.1, 0.15) is 18.8 Å². The smallest absolute Gasteiger partial charge is 0.194 e. The molecule has 30 heavy (non-hydrogen) atoms. The summed E-state index contributed by atoms with van der Waals surface area (Å²) in [6.45, 7) is 5.14. The van der Waals surface area contributed by atoms with Crippen LogP contribution in [0.1, 0.15) is 22.8 Å². The van der Waals surface area contributed by atoms with Gasteiger partial charge in [-0.2, -0.15) is 5.10 Å². The SMILES string of the molecule is CN=C(NCc1ccc(-n2cncn2)cc1)N1CCOC(c2ccccc2C)C1.I. The maximum atomic E-state index is 6.04. The highest BCUT2D eigenvalue weighted by molar-refractivity contribution is 14.0. The number of aromatic nitrogens is 3. The van der Waals surface area contributed by atoms with E-state index in [1.165, 1.54) is 23.0 Å². The summed E-state index contributed by atoms with van der Waals surface area (Å²) in [5.41, 5.74) is 4.68. The summed E-state index contributed by atoms with van der Waals surface area (Å²) in [5.74, 6) is 0.896. The summed E-state index contributed by atoms with van der Waals surface area (Å²) < 4.78 is 7.79. The molecule has 1 N–H and O–H groups in total. The van der Waals surface area contributed by atoms with Crippen molar-refractivity contribution in [3.05, 3.63) is 77.9 Å². The van der Waals surface area contributed by atoms with E-state index in [0.717, 1.165) is 24.7 Å². The van der Waals surface area contributed by atoms with Gasteiger partial charge in [0, 0.05) is 20.1 Å². The fraction of sp³-hybridized carbons (Fsp3) is 0.318. The molecule has 7 nitrogen and oxygen atoms in total. The summed E-state index contributed by atoms with van der Waals surface area (Å²) >= 11 is 0. The van der Waals surface area contributed by atoms with Gasteiger partial charge < -0.3 is 15.0 Å². The largest absolute Gasteiger partial charge is 0.370 e. The van der Waals surface area contributed by atoms with Gasteiger partial charge in [-0.1, -0.05) is 36.4 Å². The third kappa shape index (κ3) is 5.17. The molecule has 0 spiro atoms. The highest BCUT2D eigenvalue weighted by Crippen LogP contribution is 2.25. The summed E-state index contributed by atoms with van der Waals surface area (Å²) in [4.78, 5) is 10.7. The number of morpholine rings is 1. The average molecular weight is 518 g/mol. The van der Waals surface area contributed by atoms with Gasteiger partial charge in [-0.3, -0.25) is 4.99 Å². The minimum atomic E-state index is 0. The highest BCUT2D eigenvalue weighted by atomic mass is 127. The number of rotatable bonds is 4. The van der Waals surface area contributed by atoms with Crippen LogP contribution in [0.2, 0.25) is 0 Å². The van der Waals surface area contributed by atoms with Crippen LogP contribution in [0.25, 0.3) is 5.69 Å². The van der Waals surface area contributed by atoms with Gasteiger partial charge in [0.25, 0.3) is 0 Å². The van der Waals surface area contributed by atoms with Crippen molar-refractivity contribution >= 4 is 29.9 Å². The maximum absolute atomic E-state index is 6.04. The minimum absolute atomic E-state index is 0. The van der Waals surface area contributed by atoms with Gasteiger partial charge in [-0.15, -0.1) is 24.0 Å². The van der Waals surface area contributed by atoms with Gasteiger partial charge in [-0.25, -0.2) is 9.67 Å². The lowest BCUT2D eigenvalue weighted by Crippen LogP contribution is -2.48. The summed E-state index contributed by atoms with van der Waals surface area (Å²) in [6.07, 6.45) is 3.29. The first-order chi connectivity index (χ1) is 14.2. The number of halogens is 1. The summed E-state index contributed by atoms with van der Waals surface area (Å²) in [7, 11) is 1.83. The molecule has 0 aliphatic carbocycles. The molecule has 1 aliphatic heterocycles. The lowest BCUT2D eigenvalue weighted by Gasteiger charge is -2.35. The molecular formula is C22H27IN6O. The van der Waals surface area contributed by atoms with Crippen LogP contribution in [0.4, 0.5) is 0 Å². The fourth-order valence-corrected chi connectivity index (χ4v) is 3.60. The minimum Gasteiger partial charge on any atom is -0.370 e. The molecule has 1 fully saturated rings.